The molecular weight excluding hydrogens is 286 g/mol. The van der Waals surface area contributed by atoms with Crippen molar-refractivity contribution in [2.24, 2.45) is 0 Å². The van der Waals surface area contributed by atoms with Crippen molar-refractivity contribution >= 4 is 28.2 Å². The number of nitrogens with zero attached hydrogens (tertiary/aromatic N) is 2. The number of hydrogen-bond donors (Lipinski definition) is 3. The van der Waals surface area contributed by atoms with Gasteiger partial charge in [0.2, 0.25) is 0 Å². The fourth-order valence-electron chi connectivity index (χ4n) is 2.49. The van der Waals surface area contributed by atoms with Crippen molar-refractivity contribution in [1.29, 1.82) is 0 Å². The number of hydrogen-bond acceptors (Lipinski definition) is 6. The van der Waals surface area contributed by atoms with Crippen molar-refractivity contribution in [2.75, 3.05) is 37.7 Å². The minimum Gasteiger partial charge on any atom is -0.382 e. The molecule has 0 bridgehead atoms. The van der Waals surface area contributed by atoms with Gasteiger partial charge in [-0.1, -0.05) is 24.7 Å². The Labute approximate surface area is 130 Å². The lowest BCUT2D eigenvalue weighted by Crippen LogP contribution is -2.44. The number of thiazole rings is 1. The number of amides is 1. The van der Waals surface area contributed by atoms with E-state index in [0.717, 1.165) is 25.9 Å². The van der Waals surface area contributed by atoms with Gasteiger partial charge in [0.15, 0.2) is 5.13 Å². The summed E-state index contributed by atoms with van der Waals surface area (Å²) >= 11 is 1.32. The van der Waals surface area contributed by atoms with Crippen LogP contribution in [0, 0.1) is 0 Å². The molecule has 6 nitrogen and oxygen atoms in total. The Morgan fingerprint density at radius 1 is 1.52 bits per heavy atom. The van der Waals surface area contributed by atoms with Crippen LogP contribution in [0.2, 0.25) is 0 Å². The van der Waals surface area contributed by atoms with Gasteiger partial charge in [-0.15, -0.1) is 0 Å². The Morgan fingerprint density at radius 2 is 2.33 bits per heavy atom. The zero-order valence-electron chi connectivity index (χ0n) is 12.8. The molecule has 1 unspecified atom stereocenters. The number of anilines is 2. The maximum Gasteiger partial charge on any atom is 0.265 e. The van der Waals surface area contributed by atoms with E-state index in [1.165, 1.54) is 24.2 Å². The Morgan fingerprint density at radius 3 is 3.05 bits per heavy atom. The smallest absolute Gasteiger partial charge is 0.265 e. The van der Waals surface area contributed by atoms with Gasteiger partial charge < -0.3 is 21.3 Å². The van der Waals surface area contributed by atoms with Gasteiger partial charge in [0.25, 0.3) is 5.91 Å². The molecular formula is C14H25N5OS. The van der Waals surface area contributed by atoms with Crippen LogP contribution in [0.4, 0.5) is 10.9 Å². The average Bonchev–Trinajstić information content (AvgIpc) is 2.85. The van der Waals surface area contributed by atoms with Gasteiger partial charge in [-0.3, -0.25) is 4.79 Å². The first kappa shape index (κ1) is 16.0. The molecule has 1 fully saturated rings. The van der Waals surface area contributed by atoms with E-state index in [9.17, 15) is 4.79 Å². The second-order valence-electron chi connectivity index (χ2n) is 5.50. The van der Waals surface area contributed by atoms with E-state index in [1.54, 1.807) is 0 Å². The summed E-state index contributed by atoms with van der Waals surface area (Å²) in [6, 6.07) is 0.425. The van der Waals surface area contributed by atoms with Gasteiger partial charge in [-0.05, 0) is 32.9 Å². The molecule has 2 heterocycles. The van der Waals surface area contributed by atoms with Crippen LogP contribution in [-0.2, 0) is 0 Å². The maximum absolute atomic E-state index is 12.2. The Bertz CT molecular complexity index is 476. The predicted molar refractivity (Wildman–Crippen MR) is 87.9 cm³/mol. The number of carbonyl (C=O) groups excluding carboxylic acids is 1. The fraction of sp³-hybridized carbons (Fsp3) is 0.714. The zero-order valence-corrected chi connectivity index (χ0v) is 13.6. The highest BCUT2D eigenvalue weighted by Gasteiger charge is 2.21. The van der Waals surface area contributed by atoms with Gasteiger partial charge >= 0.3 is 0 Å². The lowest BCUT2D eigenvalue weighted by atomic mass is 10.0. The van der Waals surface area contributed by atoms with E-state index in [-0.39, 0.29) is 5.91 Å². The zero-order chi connectivity index (χ0) is 15.2. The van der Waals surface area contributed by atoms with Crippen molar-refractivity contribution in [3.05, 3.63) is 4.88 Å². The molecule has 1 atom stereocenters. The first-order valence-corrected chi connectivity index (χ1v) is 8.42. The third-order valence-electron chi connectivity index (χ3n) is 3.81. The van der Waals surface area contributed by atoms with Crippen molar-refractivity contribution in [3.8, 4) is 0 Å². The van der Waals surface area contributed by atoms with Gasteiger partial charge in [0.05, 0.1) is 0 Å². The number of rotatable bonds is 6. The van der Waals surface area contributed by atoms with Gasteiger partial charge in [0.1, 0.15) is 10.7 Å². The van der Waals surface area contributed by atoms with Crippen molar-refractivity contribution in [2.45, 2.75) is 38.6 Å². The molecule has 0 aliphatic carbocycles. The SMILES string of the molecule is CCCNc1nc(N)c(C(=O)NCC2CCCCN2C)s1. The molecule has 2 rings (SSSR count). The minimum absolute atomic E-state index is 0.117. The third-order valence-corrected chi connectivity index (χ3v) is 4.83. The van der Waals surface area contributed by atoms with E-state index >= 15 is 0 Å². The molecule has 21 heavy (non-hydrogen) atoms. The highest BCUT2D eigenvalue weighted by Crippen LogP contribution is 2.25. The molecule has 1 aromatic rings. The molecule has 0 saturated carbocycles. The third kappa shape index (κ3) is 4.31. The molecule has 1 aliphatic rings. The minimum atomic E-state index is -0.117. The lowest BCUT2D eigenvalue weighted by Gasteiger charge is -2.32. The van der Waals surface area contributed by atoms with Crippen LogP contribution in [0.25, 0.3) is 0 Å². The molecule has 7 heteroatoms. The van der Waals surface area contributed by atoms with Gasteiger partial charge in [-0.2, -0.15) is 0 Å². The molecule has 1 aromatic heterocycles. The van der Waals surface area contributed by atoms with E-state index < -0.39 is 0 Å². The van der Waals surface area contributed by atoms with Crippen LogP contribution in [0.1, 0.15) is 42.3 Å². The average molecular weight is 311 g/mol. The monoisotopic (exact) mass is 311 g/mol. The summed E-state index contributed by atoms with van der Waals surface area (Å²) in [4.78, 5) is 19.2. The normalized spacial score (nSPS) is 19.4. The topological polar surface area (TPSA) is 83.3 Å². The van der Waals surface area contributed by atoms with Crippen LogP contribution >= 0.6 is 11.3 Å². The van der Waals surface area contributed by atoms with E-state index in [0.29, 0.717) is 28.4 Å². The Kier molecular flexibility index (Phi) is 5.81. The molecule has 0 spiro atoms. The van der Waals surface area contributed by atoms with Crippen LogP contribution in [0.3, 0.4) is 0 Å². The molecule has 1 amide bonds. The first-order valence-electron chi connectivity index (χ1n) is 7.60. The number of carbonyl (C=O) groups is 1. The van der Waals surface area contributed by atoms with Crippen molar-refractivity contribution < 1.29 is 4.79 Å². The predicted octanol–water partition coefficient (Wildman–Crippen LogP) is 1.76. The van der Waals surface area contributed by atoms with E-state index in [4.69, 9.17) is 5.73 Å². The maximum atomic E-state index is 12.2. The Hall–Kier alpha value is -1.34. The number of nitrogen functional groups attached to an aromatic ring is 1. The Balaban J connectivity index is 1.89. The first-order chi connectivity index (χ1) is 10.1. The van der Waals surface area contributed by atoms with E-state index in [1.807, 2.05) is 0 Å². The molecule has 118 valence electrons. The van der Waals surface area contributed by atoms with Gasteiger partial charge in [-0.25, -0.2) is 4.98 Å². The van der Waals surface area contributed by atoms with E-state index in [2.05, 4.69) is 34.5 Å². The summed E-state index contributed by atoms with van der Waals surface area (Å²) in [5, 5.41) is 6.87. The number of likely N-dealkylation sites (tertiary alicyclic amines) is 1. The summed E-state index contributed by atoms with van der Waals surface area (Å²) in [5.41, 5.74) is 5.84. The van der Waals surface area contributed by atoms with Crippen LogP contribution in [0.15, 0.2) is 0 Å². The lowest BCUT2D eigenvalue weighted by molar-refractivity contribution is 0.0933. The highest BCUT2D eigenvalue weighted by atomic mass is 32.1. The van der Waals surface area contributed by atoms with Crippen molar-refractivity contribution in [3.63, 3.8) is 0 Å². The summed E-state index contributed by atoms with van der Waals surface area (Å²) in [6.45, 7) is 4.69. The molecule has 0 radical (unpaired) electrons. The van der Waals surface area contributed by atoms with Crippen LogP contribution in [0.5, 0.6) is 0 Å². The summed E-state index contributed by atoms with van der Waals surface area (Å²) < 4.78 is 0. The number of likely N-dealkylation sites (N-methyl/N-ethyl adjacent to an activating group) is 1. The van der Waals surface area contributed by atoms with Crippen LogP contribution < -0.4 is 16.4 Å². The van der Waals surface area contributed by atoms with Crippen LogP contribution in [-0.4, -0.2) is 48.5 Å². The molecule has 4 N–H and O–H groups in total. The highest BCUT2D eigenvalue weighted by molar-refractivity contribution is 7.18. The number of nitrogens with two attached hydrogens (primary N) is 1. The number of aromatic nitrogens is 1. The number of piperidine rings is 1. The summed E-state index contributed by atoms with van der Waals surface area (Å²) in [6.07, 6.45) is 4.63. The summed E-state index contributed by atoms with van der Waals surface area (Å²) in [5.74, 6) is 0.196. The molecule has 1 saturated heterocycles. The summed E-state index contributed by atoms with van der Waals surface area (Å²) in [7, 11) is 2.11. The van der Waals surface area contributed by atoms with Gasteiger partial charge in [0, 0.05) is 19.1 Å². The molecule has 0 aromatic carbocycles. The number of nitrogens with one attached hydrogen (secondary N) is 2. The second-order valence-corrected chi connectivity index (χ2v) is 6.50. The quantitative estimate of drug-likeness (QED) is 0.745. The van der Waals surface area contributed by atoms with Crippen molar-refractivity contribution in [1.82, 2.24) is 15.2 Å². The second kappa shape index (κ2) is 7.61. The molecule has 1 aliphatic heterocycles. The fourth-order valence-corrected chi connectivity index (χ4v) is 3.32. The largest absolute Gasteiger partial charge is 0.382 e. The standard InChI is InChI=1S/C14H25N5OS/c1-3-7-16-14-18-12(15)11(21-14)13(20)17-9-10-6-4-5-8-19(10)2/h10H,3-9,15H2,1-2H3,(H,16,18)(H,17,20).